The second-order valence-electron chi connectivity index (χ2n) is 8.98. The maximum Gasteiger partial charge on any atom is 0.139 e. The highest BCUT2D eigenvalue weighted by molar-refractivity contribution is 5.95. The number of rotatable bonds is 0. The molecule has 22 heavy (non-hydrogen) atoms. The van der Waals surface area contributed by atoms with Crippen LogP contribution in [0.25, 0.3) is 0 Å². The minimum atomic E-state index is -0.365. The van der Waals surface area contributed by atoms with E-state index < -0.39 is 0 Å². The van der Waals surface area contributed by atoms with Crippen LogP contribution in [-0.2, 0) is 9.59 Å². The second-order valence-corrected chi connectivity index (χ2v) is 8.98. The molecule has 0 aromatic rings. The Balaban J connectivity index is 1.71. The number of carbonyl (C=O) groups is 2. The number of aliphatic hydroxyl groups is 1. The van der Waals surface area contributed by atoms with Gasteiger partial charge in [-0.15, -0.1) is 0 Å². The van der Waals surface area contributed by atoms with Crippen LogP contribution in [0.4, 0.5) is 0 Å². The Morgan fingerprint density at radius 2 is 1.86 bits per heavy atom. The van der Waals surface area contributed by atoms with Crippen LogP contribution in [0.3, 0.4) is 0 Å². The number of hydrogen-bond acceptors (Lipinski definition) is 3. The van der Waals surface area contributed by atoms with E-state index in [0.717, 1.165) is 38.5 Å². The van der Waals surface area contributed by atoms with Crippen molar-refractivity contribution in [1.82, 2.24) is 0 Å². The lowest BCUT2D eigenvalue weighted by Crippen LogP contribution is -2.57. The highest BCUT2D eigenvalue weighted by atomic mass is 16.3. The summed E-state index contributed by atoms with van der Waals surface area (Å²) in [4.78, 5) is 25.4. The monoisotopic (exact) mass is 304 g/mol. The summed E-state index contributed by atoms with van der Waals surface area (Å²) < 4.78 is 0. The van der Waals surface area contributed by atoms with E-state index in [9.17, 15) is 14.7 Å². The van der Waals surface area contributed by atoms with Crippen LogP contribution in [0.1, 0.15) is 65.2 Å². The van der Waals surface area contributed by atoms with Gasteiger partial charge in [0.1, 0.15) is 11.6 Å². The van der Waals surface area contributed by atoms with Gasteiger partial charge in [0, 0.05) is 24.2 Å². The van der Waals surface area contributed by atoms with Crippen LogP contribution >= 0.6 is 0 Å². The number of hydrogen-bond donors (Lipinski definition) is 1. The highest BCUT2D eigenvalue weighted by Gasteiger charge is 2.63. The first-order valence-corrected chi connectivity index (χ1v) is 9.10. The quantitative estimate of drug-likeness (QED) is 0.748. The molecule has 7 atom stereocenters. The van der Waals surface area contributed by atoms with Crippen LogP contribution in [0.2, 0.25) is 0 Å². The Labute approximate surface area is 132 Å². The Morgan fingerprint density at radius 3 is 2.64 bits per heavy atom. The molecule has 4 rings (SSSR count). The molecule has 3 nitrogen and oxygen atoms in total. The molecule has 0 aromatic carbocycles. The highest BCUT2D eigenvalue weighted by Crippen LogP contribution is 2.64. The lowest BCUT2D eigenvalue weighted by Gasteiger charge is -2.58. The molecular formula is C19H28O3. The van der Waals surface area contributed by atoms with E-state index in [2.05, 4.69) is 13.8 Å². The van der Waals surface area contributed by atoms with Gasteiger partial charge in [0.25, 0.3) is 0 Å². The fraction of sp³-hybridized carbons (Fsp3) is 0.895. The third-order valence-corrected chi connectivity index (χ3v) is 8.04. The molecule has 0 amide bonds. The van der Waals surface area contributed by atoms with Gasteiger partial charge in [0.15, 0.2) is 0 Å². The molecule has 0 saturated heterocycles. The standard InChI is InChI=1S/C19H28O3/c1-18-8-7-12(20)9-11(18)3-4-13-14-5-6-16(22)19(14,2)10-15(21)17(13)18/h11-14,17,20H,3-10H2,1-2H3/t11-,12-,13-,14-,17+,18-,19-/m0/s1. The fourth-order valence-corrected chi connectivity index (χ4v) is 6.83. The molecule has 4 aliphatic rings. The van der Waals surface area contributed by atoms with Gasteiger partial charge in [-0.25, -0.2) is 0 Å². The summed E-state index contributed by atoms with van der Waals surface area (Å²) >= 11 is 0. The van der Waals surface area contributed by atoms with E-state index >= 15 is 0 Å². The van der Waals surface area contributed by atoms with Gasteiger partial charge in [-0.3, -0.25) is 9.59 Å². The predicted molar refractivity (Wildman–Crippen MR) is 83.1 cm³/mol. The molecule has 0 aromatic heterocycles. The zero-order valence-electron chi connectivity index (χ0n) is 13.8. The summed E-state index contributed by atoms with van der Waals surface area (Å²) in [5.41, 5.74) is -0.304. The molecule has 0 bridgehead atoms. The summed E-state index contributed by atoms with van der Waals surface area (Å²) in [6.45, 7) is 4.36. The normalized spacial score (nSPS) is 54.6. The molecule has 0 aliphatic heterocycles. The molecule has 122 valence electrons. The maximum absolute atomic E-state index is 13.0. The van der Waals surface area contributed by atoms with Crippen molar-refractivity contribution in [2.24, 2.45) is 34.5 Å². The van der Waals surface area contributed by atoms with Crippen molar-refractivity contribution in [3.63, 3.8) is 0 Å². The maximum atomic E-state index is 13.0. The van der Waals surface area contributed by atoms with Crippen LogP contribution in [0, 0.1) is 34.5 Å². The molecule has 4 aliphatic carbocycles. The molecule has 1 N–H and O–H groups in total. The third-order valence-electron chi connectivity index (χ3n) is 8.04. The van der Waals surface area contributed by atoms with Crippen LogP contribution in [-0.4, -0.2) is 22.8 Å². The first-order chi connectivity index (χ1) is 10.4. The number of aliphatic hydroxyl groups excluding tert-OH is 1. The third kappa shape index (κ3) is 1.78. The molecule has 0 heterocycles. The van der Waals surface area contributed by atoms with Gasteiger partial charge in [0.2, 0.25) is 0 Å². The zero-order chi connectivity index (χ0) is 15.7. The van der Waals surface area contributed by atoms with E-state index in [0.29, 0.717) is 42.2 Å². The Kier molecular flexibility index (Phi) is 3.15. The van der Waals surface area contributed by atoms with E-state index in [1.165, 1.54) is 0 Å². The smallest absolute Gasteiger partial charge is 0.139 e. The van der Waals surface area contributed by atoms with E-state index in [1.54, 1.807) is 0 Å². The van der Waals surface area contributed by atoms with E-state index in [4.69, 9.17) is 0 Å². The van der Waals surface area contributed by atoms with Gasteiger partial charge < -0.3 is 5.11 Å². The first-order valence-electron chi connectivity index (χ1n) is 9.10. The van der Waals surface area contributed by atoms with E-state index in [1.807, 2.05) is 0 Å². The Bertz CT molecular complexity index is 527. The van der Waals surface area contributed by atoms with Crippen molar-refractivity contribution in [2.45, 2.75) is 71.3 Å². The summed E-state index contributed by atoms with van der Waals surface area (Å²) in [5.74, 6) is 2.14. The van der Waals surface area contributed by atoms with Gasteiger partial charge in [-0.1, -0.05) is 13.8 Å². The van der Waals surface area contributed by atoms with Crippen molar-refractivity contribution in [3.8, 4) is 0 Å². The van der Waals surface area contributed by atoms with Crippen LogP contribution < -0.4 is 0 Å². The van der Waals surface area contributed by atoms with Gasteiger partial charge in [-0.2, -0.15) is 0 Å². The summed E-state index contributed by atoms with van der Waals surface area (Å²) in [5, 5.41) is 10.0. The Hall–Kier alpha value is -0.700. The second kappa shape index (κ2) is 4.66. The molecular weight excluding hydrogens is 276 g/mol. The van der Waals surface area contributed by atoms with Gasteiger partial charge >= 0.3 is 0 Å². The average molecular weight is 304 g/mol. The lowest BCUT2D eigenvalue weighted by molar-refractivity contribution is -0.162. The fourth-order valence-electron chi connectivity index (χ4n) is 6.83. The first kappa shape index (κ1) is 14.9. The lowest BCUT2D eigenvalue weighted by atomic mass is 9.45. The van der Waals surface area contributed by atoms with Crippen molar-refractivity contribution < 1.29 is 14.7 Å². The number of fused-ring (bicyclic) bond motifs is 5. The molecule has 0 unspecified atom stereocenters. The molecule has 0 radical (unpaired) electrons. The van der Waals surface area contributed by atoms with Crippen LogP contribution in [0.5, 0.6) is 0 Å². The van der Waals surface area contributed by atoms with Crippen molar-refractivity contribution in [1.29, 1.82) is 0 Å². The molecule has 3 heteroatoms. The van der Waals surface area contributed by atoms with Gasteiger partial charge in [-0.05, 0) is 61.7 Å². The summed E-state index contributed by atoms with van der Waals surface area (Å²) in [6, 6.07) is 0. The molecule has 0 spiro atoms. The zero-order valence-corrected chi connectivity index (χ0v) is 13.8. The largest absolute Gasteiger partial charge is 0.393 e. The SMILES string of the molecule is C[C@]12CC[C@H](O)C[C@@H]1CC[C@@H]1[C@@H]2C(=O)C[C@]2(C)C(=O)CC[C@@H]12. The Morgan fingerprint density at radius 1 is 1.09 bits per heavy atom. The number of Topliss-reactive ketones (excluding diaryl/α,β-unsaturated/α-hetero) is 2. The minimum absolute atomic E-state index is 0.0617. The summed E-state index contributed by atoms with van der Waals surface area (Å²) in [7, 11) is 0. The van der Waals surface area contributed by atoms with Crippen molar-refractivity contribution >= 4 is 11.6 Å². The topological polar surface area (TPSA) is 54.4 Å². The summed E-state index contributed by atoms with van der Waals surface area (Å²) in [6.07, 6.45) is 6.86. The molecule has 4 saturated carbocycles. The van der Waals surface area contributed by atoms with Crippen molar-refractivity contribution in [2.75, 3.05) is 0 Å². The number of carbonyl (C=O) groups excluding carboxylic acids is 2. The van der Waals surface area contributed by atoms with Crippen molar-refractivity contribution in [3.05, 3.63) is 0 Å². The molecule has 4 fully saturated rings. The van der Waals surface area contributed by atoms with Gasteiger partial charge in [0.05, 0.1) is 6.10 Å². The average Bonchev–Trinajstić information content (AvgIpc) is 2.75. The van der Waals surface area contributed by atoms with E-state index in [-0.39, 0.29) is 22.9 Å². The predicted octanol–water partition coefficient (Wildman–Crippen LogP) is 3.14. The number of ketones is 2. The van der Waals surface area contributed by atoms with Crippen LogP contribution in [0.15, 0.2) is 0 Å². The minimum Gasteiger partial charge on any atom is -0.393 e.